The van der Waals surface area contributed by atoms with Gasteiger partial charge in [0.25, 0.3) is 0 Å². The van der Waals surface area contributed by atoms with E-state index in [4.69, 9.17) is 0 Å². The van der Waals surface area contributed by atoms with E-state index < -0.39 is 0 Å². The van der Waals surface area contributed by atoms with Gasteiger partial charge in [-0.2, -0.15) is 0 Å². The summed E-state index contributed by atoms with van der Waals surface area (Å²) in [5, 5.41) is 15.2. The largest absolute Gasteiger partial charge is 0.392 e. The van der Waals surface area contributed by atoms with Gasteiger partial charge in [0.05, 0.1) is 6.61 Å². The Morgan fingerprint density at radius 3 is 2.05 bits per heavy atom. The van der Waals surface area contributed by atoms with Crippen LogP contribution < -0.4 is 0 Å². The zero-order valence-corrected chi connectivity index (χ0v) is 10.2. The highest BCUT2D eigenvalue weighted by Gasteiger charge is 2.12. The molecule has 0 fully saturated rings. The van der Waals surface area contributed by atoms with Crippen molar-refractivity contribution in [2.45, 2.75) is 6.61 Å². The standard InChI is InChI=1S/C17H11FO/c18-15-8-5-11-3-6-13-12(9-19)2-1-10-4-7-14(15)17(11)16(10)13/h1-8,19H,9H2. The van der Waals surface area contributed by atoms with Crippen LogP contribution in [0.25, 0.3) is 32.3 Å². The third kappa shape index (κ3) is 1.32. The number of aliphatic hydroxyl groups excluding tert-OH is 1. The van der Waals surface area contributed by atoms with E-state index in [1.165, 1.54) is 6.07 Å². The van der Waals surface area contributed by atoms with Gasteiger partial charge in [0.1, 0.15) is 5.82 Å². The highest BCUT2D eigenvalue weighted by atomic mass is 19.1. The summed E-state index contributed by atoms with van der Waals surface area (Å²) in [6.07, 6.45) is 0. The predicted octanol–water partition coefficient (Wildman–Crippen LogP) is 4.22. The summed E-state index contributed by atoms with van der Waals surface area (Å²) in [5.41, 5.74) is 0.881. The van der Waals surface area contributed by atoms with Crippen molar-refractivity contribution in [1.82, 2.24) is 0 Å². The lowest BCUT2D eigenvalue weighted by Gasteiger charge is -2.13. The second-order valence-corrected chi connectivity index (χ2v) is 4.85. The van der Waals surface area contributed by atoms with Crippen molar-refractivity contribution < 1.29 is 9.50 Å². The summed E-state index contributed by atoms with van der Waals surface area (Å²) in [6, 6.07) is 15.0. The first-order valence-electron chi connectivity index (χ1n) is 6.25. The van der Waals surface area contributed by atoms with Crippen molar-refractivity contribution >= 4 is 32.3 Å². The summed E-state index contributed by atoms with van der Waals surface area (Å²) in [7, 11) is 0. The molecule has 4 aromatic rings. The summed E-state index contributed by atoms with van der Waals surface area (Å²) < 4.78 is 14.0. The minimum absolute atomic E-state index is 0.00332. The number of benzene rings is 4. The van der Waals surface area contributed by atoms with Gasteiger partial charge in [0.2, 0.25) is 0 Å². The van der Waals surface area contributed by atoms with Crippen LogP contribution in [0.15, 0.2) is 48.5 Å². The van der Waals surface area contributed by atoms with Gasteiger partial charge in [0.15, 0.2) is 0 Å². The predicted molar refractivity (Wildman–Crippen MR) is 76.0 cm³/mol. The van der Waals surface area contributed by atoms with E-state index in [9.17, 15) is 9.50 Å². The van der Waals surface area contributed by atoms with Crippen molar-refractivity contribution in [3.63, 3.8) is 0 Å². The first-order chi connectivity index (χ1) is 9.29. The van der Waals surface area contributed by atoms with E-state index in [2.05, 4.69) is 0 Å². The van der Waals surface area contributed by atoms with Crippen LogP contribution in [0.1, 0.15) is 5.56 Å². The molecule has 0 unspecified atom stereocenters. The molecule has 0 amide bonds. The van der Waals surface area contributed by atoms with Crippen molar-refractivity contribution in [3.05, 3.63) is 59.9 Å². The molecule has 0 aromatic heterocycles. The van der Waals surface area contributed by atoms with Crippen molar-refractivity contribution in [1.29, 1.82) is 0 Å². The molecule has 2 heteroatoms. The Bertz CT molecular complexity index is 911. The molecular weight excluding hydrogens is 239 g/mol. The molecule has 0 aliphatic carbocycles. The van der Waals surface area contributed by atoms with E-state index >= 15 is 0 Å². The fourth-order valence-corrected chi connectivity index (χ4v) is 2.96. The maximum absolute atomic E-state index is 14.0. The van der Waals surface area contributed by atoms with Gasteiger partial charge < -0.3 is 5.11 Å². The molecule has 0 aliphatic heterocycles. The lowest BCUT2D eigenvalue weighted by Crippen LogP contribution is -1.90. The third-order valence-electron chi connectivity index (χ3n) is 3.87. The normalized spacial score (nSPS) is 11.9. The van der Waals surface area contributed by atoms with Crippen LogP contribution in [0.5, 0.6) is 0 Å². The molecule has 0 radical (unpaired) electrons. The van der Waals surface area contributed by atoms with Gasteiger partial charge >= 0.3 is 0 Å². The minimum atomic E-state index is -0.198. The second-order valence-electron chi connectivity index (χ2n) is 4.85. The fraction of sp³-hybridized carbons (Fsp3) is 0.0588. The number of hydrogen-bond acceptors (Lipinski definition) is 1. The number of aliphatic hydroxyl groups is 1. The van der Waals surface area contributed by atoms with Gasteiger partial charge in [-0.25, -0.2) is 4.39 Å². The first kappa shape index (κ1) is 10.7. The van der Waals surface area contributed by atoms with E-state index in [1.807, 2.05) is 42.5 Å². The Kier molecular flexibility index (Phi) is 2.06. The molecule has 0 saturated carbocycles. The van der Waals surface area contributed by atoms with Gasteiger partial charge in [-0.3, -0.25) is 0 Å². The first-order valence-corrected chi connectivity index (χ1v) is 6.25. The molecule has 92 valence electrons. The molecule has 0 heterocycles. The Labute approximate surface area is 109 Å². The Morgan fingerprint density at radius 2 is 1.32 bits per heavy atom. The van der Waals surface area contributed by atoms with Crippen LogP contribution >= 0.6 is 0 Å². The van der Waals surface area contributed by atoms with Crippen LogP contribution in [0.2, 0.25) is 0 Å². The van der Waals surface area contributed by atoms with Gasteiger partial charge in [-0.1, -0.05) is 42.5 Å². The molecule has 0 bridgehead atoms. The molecule has 0 saturated heterocycles. The topological polar surface area (TPSA) is 20.2 Å². The number of hydrogen-bond donors (Lipinski definition) is 1. The van der Waals surface area contributed by atoms with Crippen LogP contribution in [-0.2, 0) is 6.61 Å². The molecule has 4 aromatic carbocycles. The van der Waals surface area contributed by atoms with E-state index in [1.54, 1.807) is 0 Å². The smallest absolute Gasteiger partial charge is 0.131 e. The summed E-state index contributed by atoms with van der Waals surface area (Å²) in [5.74, 6) is -0.198. The van der Waals surface area contributed by atoms with E-state index in [0.29, 0.717) is 5.39 Å². The van der Waals surface area contributed by atoms with E-state index in [0.717, 1.165) is 32.5 Å². The van der Waals surface area contributed by atoms with Crippen LogP contribution in [-0.4, -0.2) is 5.11 Å². The molecular formula is C17H11FO. The summed E-state index contributed by atoms with van der Waals surface area (Å²) in [6.45, 7) is -0.00332. The molecule has 1 N–H and O–H groups in total. The molecule has 0 aliphatic rings. The van der Waals surface area contributed by atoms with Crippen molar-refractivity contribution in [2.75, 3.05) is 0 Å². The van der Waals surface area contributed by atoms with Crippen LogP contribution in [0, 0.1) is 5.82 Å². The monoisotopic (exact) mass is 250 g/mol. The Balaban J connectivity index is 2.39. The Hall–Kier alpha value is -2.19. The van der Waals surface area contributed by atoms with Gasteiger partial charge in [0, 0.05) is 10.8 Å². The van der Waals surface area contributed by atoms with Gasteiger partial charge in [-0.05, 0) is 33.2 Å². The fourth-order valence-electron chi connectivity index (χ4n) is 2.96. The maximum Gasteiger partial charge on any atom is 0.131 e. The lowest BCUT2D eigenvalue weighted by atomic mass is 9.92. The summed E-state index contributed by atoms with van der Waals surface area (Å²) >= 11 is 0. The highest BCUT2D eigenvalue weighted by molar-refractivity contribution is 6.23. The summed E-state index contributed by atoms with van der Waals surface area (Å²) in [4.78, 5) is 0. The molecule has 0 spiro atoms. The Morgan fingerprint density at radius 1 is 0.737 bits per heavy atom. The van der Waals surface area contributed by atoms with Gasteiger partial charge in [-0.15, -0.1) is 0 Å². The molecule has 0 atom stereocenters. The average molecular weight is 250 g/mol. The number of halogens is 1. The zero-order valence-electron chi connectivity index (χ0n) is 10.2. The molecule has 19 heavy (non-hydrogen) atoms. The zero-order chi connectivity index (χ0) is 13.0. The maximum atomic E-state index is 14.0. The highest BCUT2D eigenvalue weighted by Crippen LogP contribution is 2.36. The minimum Gasteiger partial charge on any atom is -0.392 e. The third-order valence-corrected chi connectivity index (χ3v) is 3.87. The molecule has 1 nitrogen and oxygen atoms in total. The molecule has 4 rings (SSSR count). The second kappa shape index (κ2) is 3.65. The van der Waals surface area contributed by atoms with Crippen molar-refractivity contribution in [2.24, 2.45) is 0 Å². The quantitative estimate of drug-likeness (QED) is 0.501. The SMILES string of the molecule is OCc1ccc2ccc3c(F)ccc4ccc1c2c43. The average Bonchev–Trinajstić information content (AvgIpc) is 2.46. The lowest BCUT2D eigenvalue weighted by molar-refractivity contribution is 0.283. The van der Waals surface area contributed by atoms with E-state index in [-0.39, 0.29) is 12.4 Å². The van der Waals surface area contributed by atoms with Crippen molar-refractivity contribution in [3.8, 4) is 0 Å². The van der Waals surface area contributed by atoms with Crippen LogP contribution in [0.3, 0.4) is 0 Å². The van der Waals surface area contributed by atoms with Crippen LogP contribution in [0.4, 0.5) is 4.39 Å². The number of rotatable bonds is 1.